The van der Waals surface area contributed by atoms with Crippen molar-refractivity contribution in [2.75, 3.05) is 5.75 Å². The maximum atomic E-state index is 2.33. The summed E-state index contributed by atoms with van der Waals surface area (Å²) in [5, 5.41) is 3.18. The Morgan fingerprint density at radius 2 is 2.21 bits per heavy atom. The van der Waals surface area contributed by atoms with Crippen molar-refractivity contribution < 1.29 is 0 Å². The number of fused-ring (bicyclic) bond motifs is 2. The first-order valence-electron chi connectivity index (χ1n) is 5.34. The summed E-state index contributed by atoms with van der Waals surface area (Å²) in [6.45, 7) is 0. The van der Waals surface area contributed by atoms with Crippen LogP contribution in [0.2, 0.25) is 0 Å². The van der Waals surface area contributed by atoms with Gasteiger partial charge in [-0.3, -0.25) is 0 Å². The summed E-state index contributed by atoms with van der Waals surface area (Å²) in [6.07, 6.45) is 7.53. The quantitative estimate of drug-likeness (QED) is 0.699. The van der Waals surface area contributed by atoms with E-state index in [1.54, 1.807) is 10.4 Å². The SMILES string of the molecule is C1=Cc2c1csc2C1SCC2CCC21. The van der Waals surface area contributed by atoms with E-state index in [2.05, 4.69) is 29.3 Å². The first-order valence-corrected chi connectivity index (χ1v) is 7.27. The molecule has 0 spiro atoms. The lowest BCUT2D eigenvalue weighted by Gasteiger charge is -2.33. The van der Waals surface area contributed by atoms with E-state index in [4.69, 9.17) is 0 Å². The lowest BCUT2D eigenvalue weighted by Crippen LogP contribution is -2.25. The van der Waals surface area contributed by atoms with E-state index in [9.17, 15) is 0 Å². The second kappa shape index (κ2) is 2.67. The highest BCUT2D eigenvalue weighted by Crippen LogP contribution is 2.59. The molecule has 3 atom stereocenters. The third-order valence-electron chi connectivity index (χ3n) is 3.93. The summed E-state index contributed by atoms with van der Waals surface area (Å²) in [7, 11) is 0. The molecular weight excluding hydrogens is 208 g/mol. The van der Waals surface area contributed by atoms with E-state index < -0.39 is 0 Å². The smallest absolute Gasteiger partial charge is 0.0428 e. The fraction of sp³-hybridized carbons (Fsp3) is 0.500. The van der Waals surface area contributed by atoms with Gasteiger partial charge in [-0.25, -0.2) is 0 Å². The molecule has 0 amide bonds. The van der Waals surface area contributed by atoms with E-state index in [0.29, 0.717) is 0 Å². The van der Waals surface area contributed by atoms with E-state index in [-0.39, 0.29) is 0 Å². The molecule has 0 radical (unpaired) electrons. The minimum absolute atomic E-state index is 0.854. The first kappa shape index (κ1) is 8.00. The van der Waals surface area contributed by atoms with Gasteiger partial charge in [-0.1, -0.05) is 12.2 Å². The van der Waals surface area contributed by atoms with Crippen LogP contribution in [0.1, 0.15) is 34.1 Å². The molecule has 2 fully saturated rings. The zero-order valence-corrected chi connectivity index (χ0v) is 9.53. The van der Waals surface area contributed by atoms with Gasteiger partial charge in [0.25, 0.3) is 0 Å². The lowest BCUT2D eigenvalue weighted by molar-refractivity contribution is 0.214. The van der Waals surface area contributed by atoms with Crippen molar-refractivity contribution in [2.24, 2.45) is 11.8 Å². The molecule has 1 aromatic rings. The third-order valence-corrected chi connectivity index (χ3v) is 6.75. The van der Waals surface area contributed by atoms with E-state index >= 15 is 0 Å². The number of hydrogen-bond acceptors (Lipinski definition) is 2. The van der Waals surface area contributed by atoms with Crippen molar-refractivity contribution in [1.29, 1.82) is 0 Å². The monoisotopic (exact) mass is 220 g/mol. The second-order valence-electron chi connectivity index (χ2n) is 4.56. The Kier molecular flexibility index (Phi) is 1.53. The van der Waals surface area contributed by atoms with E-state index in [1.165, 1.54) is 24.2 Å². The van der Waals surface area contributed by atoms with Gasteiger partial charge in [0.05, 0.1) is 0 Å². The summed E-state index contributed by atoms with van der Waals surface area (Å²) in [5.41, 5.74) is 3.06. The van der Waals surface area contributed by atoms with Crippen LogP contribution in [0.25, 0.3) is 12.2 Å². The van der Waals surface area contributed by atoms with E-state index in [0.717, 1.165) is 17.1 Å². The van der Waals surface area contributed by atoms with Crippen LogP contribution in [-0.2, 0) is 0 Å². The van der Waals surface area contributed by atoms with Gasteiger partial charge in [-0.2, -0.15) is 11.8 Å². The van der Waals surface area contributed by atoms with Gasteiger partial charge in [0, 0.05) is 10.1 Å². The average molecular weight is 220 g/mol. The highest BCUT2D eigenvalue weighted by molar-refractivity contribution is 7.99. The summed E-state index contributed by atoms with van der Waals surface area (Å²) < 4.78 is 0. The standard InChI is InChI=1S/C12H12S2/c1-3-9-7(1)5-13-11(9)12-10-4-2-8(10)6-14-12/h1,3,5,8,10,12H,2,4,6H2. The maximum absolute atomic E-state index is 2.33. The van der Waals surface area contributed by atoms with Crippen LogP contribution in [0, 0.1) is 11.8 Å². The molecule has 2 heterocycles. The van der Waals surface area contributed by atoms with Crippen molar-refractivity contribution in [1.82, 2.24) is 0 Å². The number of hydrogen-bond donors (Lipinski definition) is 0. The average Bonchev–Trinajstić information content (AvgIpc) is 2.51. The number of thioether (sulfide) groups is 1. The molecular formula is C12H12S2. The predicted molar refractivity (Wildman–Crippen MR) is 64.7 cm³/mol. The highest BCUT2D eigenvalue weighted by Gasteiger charge is 2.44. The van der Waals surface area contributed by atoms with Crippen molar-refractivity contribution in [3.8, 4) is 0 Å². The Balaban J connectivity index is 1.73. The minimum atomic E-state index is 0.854. The van der Waals surface area contributed by atoms with Crippen LogP contribution in [0.5, 0.6) is 0 Å². The molecule has 14 heavy (non-hydrogen) atoms. The summed E-state index contributed by atoms with van der Waals surface area (Å²) in [4.78, 5) is 1.68. The van der Waals surface area contributed by atoms with Crippen molar-refractivity contribution in [2.45, 2.75) is 18.1 Å². The molecule has 0 bridgehead atoms. The summed E-state index contributed by atoms with van der Waals surface area (Å²) in [6, 6.07) is 0. The Labute approximate surface area is 92.4 Å². The fourth-order valence-corrected chi connectivity index (χ4v) is 6.03. The van der Waals surface area contributed by atoms with Crippen LogP contribution < -0.4 is 0 Å². The molecule has 4 rings (SSSR count). The topological polar surface area (TPSA) is 0 Å². The number of rotatable bonds is 1. The van der Waals surface area contributed by atoms with Gasteiger partial charge in [-0.15, -0.1) is 11.3 Å². The molecule has 1 aromatic heterocycles. The Morgan fingerprint density at radius 3 is 2.79 bits per heavy atom. The van der Waals surface area contributed by atoms with Crippen LogP contribution in [0.15, 0.2) is 5.38 Å². The molecule has 3 unspecified atom stereocenters. The molecule has 1 saturated heterocycles. The highest BCUT2D eigenvalue weighted by atomic mass is 32.2. The normalized spacial score (nSPS) is 37.3. The molecule has 72 valence electrons. The summed E-state index contributed by atoms with van der Waals surface area (Å²) in [5.74, 6) is 3.51. The molecule has 1 aliphatic heterocycles. The Hall–Kier alpha value is -0.210. The largest absolute Gasteiger partial charge is 0.152 e. The van der Waals surface area contributed by atoms with Gasteiger partial charge in [0.15, 0.2) is 0 Å². The van der Waals surface area contributed by atoms with Gasteiger partial charge >= 0.3 is 0 Å². The molecule has 2 heteroatoms. The lowest BCUT2D eigenvalue weighted by atomic mass is 9.72. The van der Waals surface area contributed by atoms with Crippen LogP contribution >= 0.6 is 23.1 Å². The summed E-state index contributed by atoms with van der Waals surface area (Å²) >= 11 is 4.20. The van der Waals surface area contributed by atoms with Crippen LogP contribution in [0.3, 0.4) is 0 Å². The maximum Gasteiger partial charge on any atom is 0.0428 e. The zero-order chi connectivity index (χ0) is 9.12. The second-order valence-corrected chi connectivity index (χ2v) is 6.64. The van der Waals surface area contributed by atoms with Gasteiger partial charge < -0.3 is 0 Å². The van der Waals surface area contributed by atoms with Crippen molar-refractivity contribution in [3.05, 3.63) is 21.4 Å². The van der Waals surface area contributed by atoms with E-state index in [1.807, 2.05) is 11.3 Å². The molecule has 0 N–H and O–H groups in total. The van der Waals surface area contributed by atoms with Gasteiger partial charge in [0.1, 0.15) is 0 Å². The third kappa shape index (κ3) is 0.867. The number of thiophene rings is 1. The van der Waals surface area contributed by atoms with Crippen molar-refractivity contribution in [3.63, 3.8) is 0 Å². The van der Waals surface area contributed by atoms with Gasteiger partial charge in [0.2, 0.25) is 0 Å². The zero-order valence-electron chi connectivity index (χ0n) is 7.90. The first-order chi connectivity index (χ1) is 6.93. The molecule has 0 aromatic carbocycles. The predicted octanol–water partition coefficient (Wildman–Crippen LogP) is 4.05. The van der Waals surface area contributed by atoms with Crippen molar-refractivity contribution >= 4 is 35.3 Å². The molecule has 2 aliphatic carbocycles. The molecule has 0 nitrogen and oxygen atoms in total. The van der Waals surface area contributed by atoms with Crippen LogP contribution in [-0.4, -0.2) is 5.75 Å². The minimum Gasteiger partial charge on any atom is -0.152 e. The fourth-order valence-electron chi connectivity index (χ4n) is 2.82. The Bertz CT molecular complexity index is 416. The molecule has 1 saturated carbocycles. The van der Waals surface area contributed by atoms with Crippen LogP contribution in [0.4, 0.5) is 0 Å². The Morgan fingerprint density at radius 1 is 1.21 bits per heavy atom. The van der Waals surface area contributed by atoms with Gasteiger partial charge in [-0.05, 0) is 46.9 Å². The molecule has 3 aliphatic rings.